The number of hydrogen-bond acceptors (Lipinski definition) is 2. The largest absolute Gasteiger partial charge is 0.459 e. The Morgan fingerprint density at radius 2 is 1.85 bits per heavy atom. The van der Waals surface area contributed by atoms with Gasteiger partial charge < -0.3 is 4.74 Å². The number of ether oxygens (including phenoxy) is 1. The van der Waals surface area contributed by atoms with E-state index in [1.54, 1.807) is 6.08 Å². The highest BCUT2D eigenvalue weighted by Gasteiger charge is 2.32. The van der Waals surface area contributed by atoms with Crippen LogP contribution in [0.25, 0.3) is 0 Å². The van der Waals surface area contributed by atoms with Crippen molar-refractivity contribution in [2.45, 2.75) is 39.7 Å². The molecule has 0 saturated heterocycles. The zero-order valence-corrected chi connectivity index (χ0v) is 8.62. The van der Waals surface area contributed by atoms with Crippen LogP contribution in [0.4, 0.5) is 0 Å². The van der Waals surface area contributed by atoms with E-state index in [2.05, 4.69) is 13.8 Å². The van der Waals surface area contributed by atoms with Gasteiger partial charge in [-0.15, -0.1) is 0 Å². The van der Waals surface area contributed by atoms with Gasteiger partial charge in [0.2, 0.25) is 0 Å². The van der Waals surface area contributed by atoms with Gasteiger partial charge in [0.1, 0.15) is 6.10 Å². The zero-order chi connectivity index (χ0) is 9.84. The number of rotatable bonds is 2. The fourth-order valence-electron chi connectivity index (χ4n) is 1.96. The predicted octanol–water partition coefficient (Wildman–Crippen LogP) is 2.54. The first-order chi connectivity index (χ1) is 6.15. The third-order valence-electron chi connectivity index (χ3n) is 2.75. The molecule has 0 aromatic heterocycles. The second-order valence-electron chi connectivity index (χ2n) is 3.93. The first-order valence-electron chi connectivity index (χ1n) is 4.98. The molecular formula is C11H18O2. The molecule has 0 bridgehead atoms. The van der Waals surface area contributed by atoms with Gasteiger partial charge in [0.25, 0.3) is 0 Å². The third-order valence-corrected chi connectivity index (χ3v) is 2.75. The highest BCUT2D eigenvalue weighted by atomic mass is 16.5. The maximum absolute atomic E-state index is 11.2. The van der Waals surface area contributed by atoms with Gasteiger partial charge >= 0.3 is 5.97 Å². The standard InChI is InChI=1S/C11H18O2/c1-4-5-10(12)13-11-8(2)6-7-9(11)3/h4-5,8-9,11H,6-7H2,1-3H3/b5-4+/t8-,9+,11-. The van der Waals surface area contributed by atoms with Gasteiger partial charge in [0.05, 0.1) is 0 Å². The van der Waals surface area contributed by atoms with E-state index >= 15 is 0 Å². The van der Waals surface area contributed by atoms with Crippen LogP contribution in [0, 0.1) is 11.8 Å². The van der Waals surface area contributed by atoms with Gasteiger partial charge in [0, 0.05) is 6.08 Å². The van der Waals surface area contributed by atoms with Crippen LogP contribution in [0.15, 0.2) is 12.2 Å². The van der Waals surface area contributed by atoms with Crippen LogP contribution in [-0.4, -0.2) is 12.1 Å². The van der Waals surface area contributed by atoms with Crippen molar-refractivity contribution in [2.75, 3.05) is 0 Å². The summed E-state index contributed by atoms with van der Waals surface area (Å²) in [7, 11) is 0. The van der Waals surface area contributed by atoms with E-state index in [0.717, 1.165) is 0 Å². The average Bonchev–Trinajstić information content (AvgIpc) is 2.36. The number of allylic oxidation sites excluding steroid dienone is 1. The van der Waals surface area contributed by atoms with E-state index in [0.29, 0.717) is 11.8 Å². The lowest BCUT2D eigenvalue weighted by molar-refractivity contribution is -0.146. The predicted molar refractivity (Wildman–Crippen MR) is 52.3 cm³/mol. The van der Waals surface area contributed by atoms with Crippen molar-refractivity contribution in [2.24, 2.45) is 11.8 Å². The van der Waals surface area contributed by atoms with Crippen LogP contribution in [0.5, 0.6) is 0 Å². The Morgan fingerprint density at radius 1 is 1.31 bits per heavy atom. The molecule has 1 rings (SSSR count). The molecule has 2 nitrogen and oxygen atoms in total. The summed E-state index contributed by atoms with van der Waals surface area (Å²) in [4.78, 5) is 11.2. The van der Waals surface area contributed by atoms with Crippen LogP contribution in [-0.2, 0) is 9.53 Å². The molecule has 3 atom stereocenters. The van der Waals surface area contributed by atoms with Crippen molar-refractivity contribution < 1.29 is 9.53 Å². The Bertz CT molecular complexity index is 198. The van der Waals surface area contributed by atoms with E-state index in [-0.39, 0.29) is 12.1 Å². The summed E-state index contributed by atoms with van der Waals surface area (Å²) >= 11 is 0. The van der Waals surface area contributed by atoms with Crippen molar-refractivity contribution in [1.82, 2.24) is 0 Å². The summed E-state index contributed by atoms with van der Waals surface area (Å²) in [6.07, 6.45) is 5.68. The summed E-state index contributed by atoms with van der Waals surface area (Å²) in [6, 6.07) is 0. The first kappa shape index (κ1) is 10.3. The normalized spacial score (nSPS) is 33.9. The Hall–Kier alpha value is -0.790. The summed E-state index contributed by atoms with van der Waals surface area (Å²) in [5.41, 5.74) is 0. The molecule has 0 unspecified atom stereocenters. The van der Waals surface area contributed by atoms with Crippen molar-refractivity contribution in [3.05, 3.63) is 12.2 Å². The molecular weight excluding hydrogens is 164 g/mol. The molecule has 2 heteroatoms. The molecule has 0 aromatic rings. The molecule has 0 amide bonds. The summed E-state index contributed by atoms with van der Waals surface area (Å²) in [5.74, 6) is 0.835. The van der Waals surface area contributed by atoms with E-state index in [1.165, 1.54) is 18.9 Å². The van der Waals surface area contributed by atoms with Gasteiger partial charge in [-0.1, -0.05) is 19.9 Å². The third kappa shape index (κ3) is 2.58. The summed E-state index contributed by atoms with van der Waals surface area (Å²) in [5, 5.41) is 0. The molecule has 1 fully saturated rings. The van der Waals surface area contributed by atoms with Crippen molar-refractivity contribution >= 4 is 5.97 Å². The molecule has 1 saturated carbocycles. The highest BCUT2D eigenvalue weighted by molar-refractivity contribution is 5.81. The molecule has 74 valence electrons. The van der Waals surface area contributed by atoms with Crippen LogP contribution < -0.4 is 0 Å². The fourth-order valence-corrected chi connectivity index (χ4v) is 1.96. The number of hydrogen-bond donors (Lipinski definition) is 0. The van der Waals surface area contributed by atoms with E-state index in [9.17, 15) is 4.79 Å². The van der Waals surface area contributed by atoms with Crippen molar-refractivity contribution in [1.29, 1.82) is 0 Å². The lowest BCUT2D eigenvalue weighted by Crippen LogP contribution is -2.24. The maximum atomic E-state index is 11.2. The van der Waals surface area contributed by atoms with Crippen molar-refractivity contribution in [3.63, 3.8) is 0 Å². The smallest absolute Gasteiger partial charge is 0.330 e. The van der Waals surface area contributed by atoms with Gasteiger partial charge in [-0.25, -0.2) is 4.79 Å². The van der Waals surface area contributed by atoms with Crippen LogP contribution in [0.3, 0.4) is 0 Å². The highest BCUT2D eigenvalue weighted by Crippen LogP contribution is 2.32. The molecule has 0 aliphatic heterocycles. The molecule has 13 heavy (non-hydrogen) atoms. The fraction of sp³-hybridized carbons (Fsp3) is 0.727. The van der Waals surface area contributed by atoms with Crippen LogP contribution >= 0.6 is 0 Å². The molecule has 1 aliphatic carbocycles. The number of esters is 1. The Balaban J connectivity index is 2.47. The average molecular weight is 182 g/mol. The molecule has 0 aromatic carbocycles. The lowest BCUT2D eigenvalue weighted by atomic mass is 10.0. The van der Waals surface area contributed by atoms with Gasteiger partial charge in [-0.05, 0) is 31.6 Å². The zero-order valence-electron chi connectivity index (χ0n) is 8.62. The maximum Gasteiger partial charge on any atom is 0.330 e. The Morgan fingerprint density at radius 3 is 2.31 bits per heavy atom. The van der Waals surface area contributed by atoms with Gasteiger partial charge in [-0.2, -0.15) is 0 Å². The molecule has 0 N–H and O–H groups in total. The van der Waals surface area contributed by atoms with Crippen molar-refractivity contribution in [3.8, 4) is 0 Å². The molecule has 0 spiro atoms. The van der Waals surface area contributed by atoms with E-state index in [4.69, 9.17) is 4.74 Å². The van der Waals surface area contributed by atoms with Gasteiger partial charge in [0.15, 0.2) is 0 Å². The minimum Gasteiger partial charge on any atom is -0.459 e. The number of carbonyl (C=O) groups is 1. The van der Waals surface area contributed by atoms with E-state index in [1.807, 2.05) is 6.92 Å². The lowest BCUT2D eigenvalue weighted by Gasteiger charge is -2.19. The van der Waals surface area contributed by atoms with Crippen LogP contribution in [0.2, 0.25) is 0 Å². The monoisotopic (exact) mass is 182 g/mol. The molecule has 1 aliphatic rings. The molecule has 0 heterocycles. The van der Waals surface area contributed by atoms with Crippen LogP contribution in [0.1, 0.15) is 33.6 Å². The Labute approximate surface area is 80.0 Å². The topological polar surface area (TPSA) is 26.3 Å². The minimum absolute atomic E-state index is 0.128. The van der Waals surface area contributed by atoms with E-state index < -0.39 is 0 Å². The summed E-state index contributed by atoms with van der Waals surface area (Å²) < 4.78 is 5.35. The Kier molecular flexibility index (Phi) is 3.52. The minimum atomic E-state index is -0.201. The second kappa shape index (κ2) is 4.45. The first-order valence-corrected chi connectivity index (χ1v) is 4.98. The SMILES string of the molecule is C/C=C/C(=O)O[C@@H]1[C@H](C)CC[C@@H]1C. The second-order valence-corrected chi connectivity index (χ2v) is 3.93. The molecule has 0 radical (unpaired) electrons. The number of carbonyl (C=O) groups excluding carboxylic acids is 1. The summed E-state index contributed by atoms with van der Waals surface area (Å²) in [6.45, 7) is 6.12. The van der Waals surface area contributed by atoms with Gasteiger partial charge in [-0.3, -0.25) is 0 Å². The quantitative estimate of drug-likeness (QED) is 0.484.